The molecule has 0 saturated heterocycles. The van der Waals surface area contributed by atoms with Crippen LogP contribution < -0.4 is 9.62 Å². The van der Waals surface area contributed by atoms with Crippen molar-refractivity contribution < 1.29 is 18.1 Å². The molecule has 11 heteroatoms. The first-order valence-electron chi connectivity index (χ1n) is 8.04. The van der Waals surface area contributed by atoms with Crippen molar-refractivity contribution in [2.45, 2.75) is 12.8 Å². The van der Waals surface area contributed by atoms with Crippen LogP contribution in [0.25, 0.3) is 0 Å². The van der Waals surface area contributed by atoms with Crippen LogP contribution in [0.15, 0.2) is 42.5 Å². The molecule has 0 unspecified atom stereocenters. The summed E-state index contributed by atoms with van der Waals surface area (Å²) in [6.45, 7) is -0.0102. The summed E-state index contributed by atoms with van der Waals surface area (Å²) in [5, 5.41) is 14.3. The maximum absolute atomic E-state index is 12.1. The number of benzene rings is 2. The number of sulfonamides is 1. The van der Waals surface area contributed by atoms with E-state index in [1.54, 1.807) is 0 Å². The van der Waals surface area contributed by atoms with Gasteiger partial charge in [0, 0.05) is 40.8 Å². The molecule has 0 heterocycles. The molecule has 8 nitrogen and oxygen atoms in total. The lowest BCUT2D eigenvalue weighted by molar-refractivity contribution is -0.384. The molecule has 1 amide bonds. The number of carbonyl (C=O) groups excluding carboxylic acids is 1. The zero-order chi connectivity index (χ0) is 20.9. The van der Waals surface area contributed by atoms with Gasteiger partial charge in [-0.25, -0.2) is 8.42 Å². The largest absolute Gasteiger partial charge is 0.326 e. The molecule has 0 radical (unpaired) electrons. The van der Waals surface area contributed by atoms with E-state index in [4.69, 9.17) is 23.2 Å². The lowest BCUT2D eigenvalue weighted by Crippen LogP contribution is -2.31. The smallest absolute Gasteiger partial charge is 0.271 e. The first kappa shape index (κ1) is 21.9. The van der Waals surface area contributed by atoms with E-state index in [1.165, 1.54) is 42.5 Å². The number of hydrogen-bond donors (Lipinski definition) is 1. The number of nitro groups is 1. The highest BCUT2D eigenvalue weighted by Gasteiger charge is 2.20. The molecule has 150 valence electrons. The van der Waals surface area contributed by atoms with Crippen molar-refractivity contribution >= 4 is 56.2 Å². The Morgan fingerprint density at radius 1 is 1.18 bits per heavy atom. The normalized spacial score (nSPS) is 11.1. The van der Waals surface area contributed by atoms with Crippen LogP contribution in [0.1, 0.15) is 12.8 Å². The Morgan fingerprint density at radius 2 is 1.82 bits per heavy atom. The van der Waals surface area contributed by atoms with Crippen molar-refractivity contribution in [1.29, 1.82) is 0 Å². The second kappa shape index (κ2) is 9.22. The topological polar surface area (TPSA) is 110 Å². The Morgan fingerprint density at radius 3 is 2.39 bits per heavy atom. The van der Waals surface area contributed by atoms with Crippen LogP contribution in [0.5, 0.6) is 0 Å². The molecule has 1 N–H and O–H groups in total. The van der Waals surface area contributed by atoms with Gasteiger partial charge in [0.2, 0.25) is 15.9 Å². The first-order chi connectivity index (χ1) is 13.1. The molecule has 0 fully saturated rings. The van der Waals surface area contributed by atoms with Crippen molar-refractivity contribution in [3.63, 3.8) is 0 Å². The number of nitrogens with one attached hydrogen (secondary N) is 1. The van der Waals surface area contributed by atoms with Gasteiger partial charge in [0.1, 0.15) is 0 Å². The van der Waals surface area contributed by atoms with Crippen LogP contribution in [0, 0.1) is 10.1 Å². The number of halogens is 2. The molecule has 0 spiro atoms. The van der Waals surface area contributed by atoms with E-state index in [0.29, 0.717) is 15.7 Å². The zero-order valence-electron chi connectivity index (χ0n) is 14.8. The Hall–Kier alpha value is -2.36. The molecule has 0 aliphatic heterocycles. The minimum Gasteiger partial charge on any atom is -0.326 e. The molecule has 0 atom stereocenters. The molecule has 0 saturated carbocycles. The van der Waals surface area contributed by atoms with Gasteiger partial charge in [-0.15, -0.1) is 0 Å². The summed E-state index contributed by atoms with van der Waals surface area (Å²) < 4.78 is 25.2. The van der Waals surface area contributed by atoms with Crippen molar-refractivity contribution in [2.75, 3.05) is 22.4 Å². The number of nitrogens with zero attached hydrogens (tertiary/aromatic N) is 2. The van der Waals surface area contributed by atoms with E-state index < -0.39 is 14.9 Å². The Balaban J connectivity index is 2.03. The van der Waals surface area contributed by atoms with E-state index in [2.05, 4.69) is 5.32 Å². The summed E-state index contributed by atoms with van der Waals surface area (Å²) >= 11 is 11.8. The van der Waals surface area contributed by atoms with Gasteiger partial charge < -0.3 is 5.32 Å². The van der Waals surface area contributed by atoms with Gasteiger partial charge in [-0.05, 0) is 30.7 Å². The summed E-state index contributed by atoms with van der Waals surface area (Å²) in [5.74, 6) is -0.342. The minimum atomic E-state index is -3.68. The highest BCUT2D eigenvalue weighted by Crippen LogP contribution is 2.24. The number of hydrogen-bond acceptors (Lipinski definition) is 5. The predicted octanol–water partition coefficient (Wildman–Crippen LogP) is 4.09. The highest BCUT2D eigenvalue weighted by atomic mass is 35.5. The van der Waals surface area contributed by atoms with Crippen LogP contribution in [0.2, 0.25) is 10.0 Å². The van der Waals surface area contributed by atoms with Crippen LogP contribution in [-0.4, -0.2) is 32.0 Å². The predicted molar refractivity (Wildman–Crippen MR) is 110 cm³/mol. The second-order valence-electron chi connectivity index (χ2n) is 5.92. The van der Waals surface area contributed by atoms with Crippen molar-refractivity contribution in [3.05, 3.63) is 62.6 Å². The summed E-state index contributed by atoms with van der Waals surface area (Å²) in [6.07, 6.45) is 1.24. The van der Waals surface area contributed by atoms with Crippen molar-refractivity contribution in [2.24, 2.45) is 0 Å². The van der Waals surface area contributed by atoms with Gasteiger partial charge in [0.25, 0.3) is 5.69 Å². The van der Waals surface area contributed by atoms with Crippen LogP contribution in [0.4, 0.5) is 17.1 Å². The number of amides is 1. The fourth-order valence-corrected chi connectivity index (χ4v) is 3.96. The fraction of sp³-hybridized carbons (Fsp3) is 0.235. The van der Waals surface area contributed by atoms with Gasteiger partial charge >= 0.3 is 0 Å². The van der Waals surface area contributed by atoms with Gasteiger partial charge in [-0.2, -0.15) is 0 Å². The van der Waals surface area contributed by atoms with E-state index in [1.807, 2.05) is 0 Å². The molecular weight excluding hydrogens is 429 g/mol. The Labute approximate surface area is 172 Å². The second-order valence-corrected chi connectivity index (χ2v) is 8.70. The molecule has 0 aliphatic carbocycles. The van der Waals surface area contributed by atoms with Crippen LogP contribution in [-0.2, 0) is 14.8 Å². The summed E-state index contributed by atoms with van der Waals surface area (Å²) in [4.78, 5) is 22.4. The molecule has 0 bridgehead atoms. The van der Waals surface area contributed by atoms with Crippen LogP contribution in [0.3, 0.4) is 0 Å². The number of carbonyl (C=O) groups is 1. The third-order valence-corrected chi connectivity index (χ3v) is 5.27. The minimum absolute atomic E-state index is 0.0102. The lowest BCUT2D eigenvalue weighted by atomic mass is 10.2. The van der Waals surface area contributed by atoms with Gasteiger partial charge in [-0.3, -0.25) is 19.2 Å². The summed E-state index contributed by atoms with van der Waals surface area (Å²) in [6, 6.07) is 9.92. The highest BCUT2D eigenvalue weighted by molar-refractivity contribution is 7.92. The number of nitro benzene ring substituents is 1. The molecule has 2 rings (SSSR count). The first-order valence-corrected chi connectivity index (χ1v) is 10.6. The standard InChI is InChI=1S/C17H17Cl2N3O5S/c1-28(26,27)21(15-4-2-5-16(11-15)22(24)25)7-3-6-17(23)20-14-9-12(18)8-13(19)10-14/h2,4-5,8-11H,3,6-7H2,1H3,(H,20,23). The molecule has 0 aliphatic rings. The molecule has 2 aromatic rings. The third kappa shape index (κ3) is 6.36. The maximum Gasteiger partial charge on any atom is 0.271 e. The summed E-state index contributed by atoms with van der Waals surface area (Å²) in [5.41, 5.74) is 0.376. The molecular formula is C17H17Cl2N3O5S. The average Bonchev–Trinajstić information content (AvgIpc) is 2.56. The molecule has 2 aromatic carbocycles. The Bertz CT molecular complexity index is 978. The lowest BCUT2D eigenvalue weighted by Gasteiger charge is -2.22. The Kier molecular flexibility index (Phi) is 7.22. The van der Waals surface area contributed by atoms with Gasteiger partial charge in [0.15, 0.2) is 0 Å². The van der Waals surface area contributed by atoms with E-state index in [0.717, 1.165) is 10.6 Å². The van der Waals surface area contributed by atoms with Gasteiger partial charge in [-0.1, -0.05) is 29.3 Å². The quantitative estimate of drug-likeness (QED) is 0.485. The number of non-ortho nitro benzene ring substituents is 1. The van der Waals surface area contributed by atoms with Crippen molar-refractivity contribution in [1.82, 2.24) is 0 Å². The monoisotopic (exact) mass is 445 g/mol. The van der Waals surface area contributed by atoms with E-state index in [-0.39, 0.29) is 36.7 Å². The fourth-order valence-electron chi connectivity index (χ4n) is 2.48. The number of anilines is 2. The number of rotatable bonds is 8. The third-order valence-electron chi connectivity index (χ3n) is 3.64. The molecule has 0 aromatic heterocycles. The SMILES string of the molecule is CS(=O)(=O)N(CCCC(=O)Nc1cc(Cl)cc(Cl)c1)c1cccc([N+](=O)[O-])c1. The van der Waals surface area contributed by atoms with Crippen LogP contribution >= 0.6 is 23.2 Å². The van der Waals surface area contributed by atoms with E-state index in [9.17, 15) is 23.3 Å². The van der Waals surface area contributed by atoms with Crippen molar-refractivity contribution in [3.8, 4) is 0 Å². The van der Waals surface area contributed by atoms with Gasteiger partial charge in [0.05, 0.1) is 16.9 Å². The average molecular weight is 446 g/mol. The maximum atomic E-state index is 12.1. The molecule has 28 heavy (non-hydrogen) atoms. The van der Waals surface area contributed by atoms with E-state index >= 15 is 0 Å². The zero-order valence-corrected chi connectivity index (χ0v) is 17.1. The summed E-state index contributed by atoms with van der Waals surface area (Å²) in [7, 11) is -3.68.